The summed E-state index contributed by atoms with van der Waals surface area (Å²) in [7, 11) is 0. The lowest BCUT2D eigenvalue weighted by molar-refractivity contribution is 0.0493. The van der Waals surface area contributed by atoms with Crippen LogP contribution in [0, 0.1) is 17.2 Å². The quantitative estimate of drug-likeness (QED) is 0.886. The third kappa shape index (κ3) is 1.93. The van der Waals surface area contributed by atoms with Crippen LogP contribution in [0.2, 0.25) is 0 Å². The van der Waals surface area contributed by atoms with Crippen LogP contribution in [0.1, 0.15) is 44.2 Å². The van der Waals surface area contributed by atoms with Crippen LogP contribution in [0.25, 0.3) is 0 Å². The lowest BCUT2D eigenvalue weighted by Crippen LogP contribution is -2.44. The van der Waals surface area contributed by atoms with Gasteiger partial charge in [0.15, 0.2) is 0 Å². The number of nitrogens with zero attached hydrogens (tertiary/aromatic N) is 1. The summed E-state index contributed by atoms with van der Waals surface area (Å²) in [5, 5.41) is 20.3. The Labute approximate surface area is 109 Å². The van der Waals surface area contributed by atoms with E-state index in [4.69, 9.17) is 0 Å². The Morgan fingerprint density at radius 2 is 2.17 bits per heavy atom. The second kappa shape index (κ2) is 5.12. The zero-order valence-corrected chi connectivity index (χ0v) is 11.2. The first-order chi connectivity index (χ1) is 8.65. The molecule has 0 saturated carbocycles. The predicted octanol–water partition coefficient (Wildman–Crippen LogP) is 3.19. The van der Waals surface area contributed by atoms with Gasteiger partial charge in [0.2, 0.25) is 0 Å². The molecule has 18 heavy (non-hydrogen) atoms. The minimum absolute atomic E-state index is 0.149. The molecule has 0 saturated heterocycles. The van der Waals surface area contributed by atoms with Crippen LogP contribution in [0.5, 0.6) is 0 Å². The molecule has 3 unspecified atom stereocenters. The molecule has 0 radical (unpaired) electrons. The molecule has 1 aromatic carbocycles. The smallest absolute Gasteiger partial charge is 0.109 e. The van der Waals surface area contributed by atoms with E-state index < -0.39 is 11.5 Å². The van der Waals surface area contributed by atoms with E-state index in [9.17, 15) is 10.4 Å². The van der Waals surface area contributed by atoms with Crippen molar-refractivity contribution in [1.82, 2.24) is 0 Å². The van der Waals surface area contributed by atoms with E-state index in [1.54, 1.807) is 0 Å². The summed E-state index contributed by atoms with van der Waals surface area (Å²) < 4.78 is 0. The summed E-state index contributed by atoms with van der Waals surface area (Å²) in [4.78, 5) is 0. The third-order valence-corrected chi connectivity index (χ3v) is 4.40. The van der Waals surface area contributed by atoms with Gasteiger partial charge in [0, 0.05) is 0 Å². The maximum absolute atomic E-state index is 10.6. The largest absolute Gasteiger partial charge is 0.391 e. The lowest BCUT2D eigenvalue weighted by Gasteiger charge is -2.39. The summed E-state index contributed by atoms with van der Waals surface area (Å²) >= 11 is 0. The SMILES string of the molecule is CCC(C)C(O)C1(C#N)CCCc2ccccc21. The zero-order valence-electron chi connectivity index (χ0n) is 11.2. The monoisotopic (exact) mass is 243 g/mol. The number of aliphatic hydroxyl groups excluding tert-OH is 1. The van der Waals surface area contributed by atoms with Crippen molar-refractivity contribution in [3.8, 4) is 6.07 Å². The number of aryl methyl sites for hydroxylation is 1. The number of nitriles is 1. The Balaban J connectivity index is 2.49. The van der Waals surface area contributed by atoms with Crippen molar-refractivity contribution in [2.45, 2.75) is 51.0 Å². The Kier molecular flexibility index (Phi) is 3.73. The highest BCUT2D eigenvalue weighted by molar-refractivity contribution is 5.43. The second-order valence-electron chi connectivity index (χ2n) is 5.42. The maximum Gasteiger partial charge on any atom is 0.109 e. The highest BCUT2D eigenvalue weighted by Crippen LogP contribution is 2.42. The van der Waals surface area contributed by atoms with Crippen LogP contribution >= 0.6 is 0 Å². The highest BCUT2D eigenvalue weighted by Gasteiger charge is 2.44. The van der Waals surface area contributed by atoms with Gasteiger partial charge >= 0.3 is 0 Å². The molecule has 1 aromatic rings. The summed E-state index contributed by atoms with van der Waals surface area (Å²) in [5.41, 5.74) is 1.57. The van der Waals surface area contributed by atoms with Crippen molar-refractivity contribution < 1.29 is 5.11 Å². The Hall–Kier alpha value is -1.33. The minimum Gasteiger partial charge on any atom is -0.391 e. The van der Waals surface area contributed by atoms with Gasteiger partial charge in [0.05, 0.1) is 12.2 Å². The fourth-order valence-corrected chi connectivity index (χ4v) is 3.06. The van der Waals surface area contributed by atoms with Crippen molar-refractivity contribution in [2.24, 2.45) is 5.92 Å². The van der Waals surface area contributed by atoms with Crippen LogP contribution in [0.15, 0.2) is 24.3 Å². The molecular formula is C16H21NO. The standard InChI is InChI=1S/C16H21NO/c1-3-12(2)15(18)16(11-17)10-6-8-13-7-4-5-9-14(13)16/h4-5,7,9,12,15,18H,3,6,8,10H2,1-2H3. The van der Waals surface area contributed by atoms with Gasteiger partial charge in [-0.15, -0.1) is 0 Å². The van der Waals surface area contributed by atoms with Gasteiger partial charge in [-0.25, -0.2) is 0 Å². The van der Waals surface area contributed by atoms with Crippen LogP contribution in [0.4, 0.5) is 0 Å². The molecule has 2 heteroatoms. The molecule has 0 heterocycles. The number of fused-ring (bicyclic) bond motifs is 1. The molecule has 0 fully saturated rings. The number of hydrogen-bond donors (Lipinski definition) is 1. The average molecular weight is 243 g/mol. The lowest BCUT2D eigenvalue weighted by atomic mass is 9.65. The summed E-state index contributed by atoms with van der Waals surface area (Å²) in [6.45, 7) is 4.09. The van der Waals surface area contributed by atoms with Gasteiger partial charge in [0.1, 0.15) is 5.41 Å². The molecule has 1 N–H and O–H groups in total. The molecule has 0 bridgehead atoms. The summed E-state index contributed by atoms with van der Waals surface area (Å²) in [5.74, 6) is 0.149. The van der Waals surface area contributed by atoms with Crippen molar-refractivity contribution in [3.63, 3.8) is 0 Å². The second-order valence-corrected chi connectivity index (χ2v) is 5.42. The van der Waals surface area contributed by atoms with E-state index in [-0.39, 0.29) is 5.92 Å². The number of benzene rings is 1. The molecule has 2 rings (SSSR count). The van der Waals surface area contributed by atoms with E-state index in [2.05, 4.69) is 19.1 Å². The van der Waals surface area contributed by atoms with Gasteiger partial charge in [-0.1, -0.05) is 44.5 Å². The predicted molar refractivity (Wildman–Crippen MR) is 72.1 cm³/mol. The third-order valence-electron chi connectivity index (χ3n) is 4.40. The average Bonchev–Trinajstić information content (AvgIpc) is 2.44. The van der Waals surface area contributed by atoms with Crippen molar-refractivity contribution in [1.29, 1.82) is 5.26 Å². The number of hydrogen-bond acceptors (Lipinski definition) is 2. The van der Waals surface area contributed by atoms with Crippen molar-refractivity contribution in [3.05, 3.63) is 35.4 Å². The molecule has 1 aliphatic carbocycles. The first kappa shape index (κ1) is 13.1. The van der Waals surface area contributed by atoms with E-state index in [0.29, 0.717) is 0 Å². The molecule has 96 valence electrons. The zero-order chi connectivity index (χ0) is 13.2. The topological polar surface area (TPSA) is 44.0 Å². The number of aliphatic hydroxyl groups is 1. The molecule has 0 aromatic heterocycles. The van der Waals surface area contributed by atoms with Crippen LogP contribution in [-0.4, -0.2) is 11.2 Å². The summed E-state index contributed by atoms with van der Waals surface area (Å²) in [6, 6.07) is 10.5. The van der Waals surface area contributed by atoms with Gasteiger partial charge in [-0.3, -0.25) is 0 Å². The molecule has 1 aliphatic rings. The van der Waals surface area contributed by atoms with Gasteiger partial charge in [0.25, 0.3) is 0 Å². The van der Waals surface area contributed by atoms with E-state index >= 15 is 0 Å². The Morgan fingerprint density at radius 3 is 2.83 bits per heavy atom. The molecule has 3 atom stereocenters. The van der Waals surface area contributed by atoms with Crippen LogP contribution in [-0.2, 0) is 11.8 Å². The fourth-order valence-electron chi connectivity index (χ4n) is 3.06. The highest BCUT2D eigenvalue weighted by atomic mass is 16.3. The van der Waals surface area contributed by atoms with Crippen molar-refractivity contribution in [2.75, 3.05) is 0 Å². The summed E-state index contributed by atoms with van der Waals surface area (Å²) in [6.07, 6.45) is 3.10. The Bertz CT molecular complexity index is 462. The minimum atomic E-state index is -0.704. The first-order valence-corrected chi connectivity index (χ1v) is 6.83. The maximum atomic E-state index is 10.6. The molecule has 0 spiro atoms. The van der Waals surface area contributed by atoms with Crippen molar-refractivity contribution >= 4 is 0 Å². The van der Waals surface area contributed by atoms with Crippen LogP contribution < -0.4 is 0 Å². The first-order valence-electron chi connectivity index (χ1n) is 6.83. The van der Waals surface area contributed by atoms with E-state index in [1.807, 2.05) is 25.1 Å². The molecule has 0 amide bonds. The molecular weight excluding hydrogens is 222 g/mol. The molecule has 2 nitrogen and oxygen atoms in total. The normalized spacial score (nSPS) is 25.9. The van der Waals surface area contributed by atoms with E-state index in [0.717, 1.165) is 31.2 Å². The van der Waals surface area contributed by atoms with Gasteiger partial charge in [-0.2, -0.15) is 5.26 Å². The molecule has 0 aliphatic heterocycles. The van der Waals surface area contributed by atoms with Crippen LogP contribution in [0.3, 0.4) is 0 Å². The fraction of sp³-hybridized carbons (Fsp3) is 0.562. The number of rotatable bonds is 3. The van der Waals surface area contributed by atoms with E-state index in [1.165, 1.54) is 5.56 Å². The van der Waals surface area contributed by atoms with Gasteiger partial charge < -0.3 is 5.11 Å². The Morgan fingerprint density at radius 1 is 1.44 bits per heavy atom. The van der Waals surface area contributed by atoms with Gasteiger partial charge in [-0.05, 0) is 36.3 Å².